The van der Waals surface area contributed by atoms with Gasteiger partial charge in [0.05, 0.1) is 25.5 Å². The number of hydrogen-bond donors (Lipinski definition) is 1. The Hall–Kier alpha value is -1.07. The summed E-state index contributed by atoms with van der Waals surface area (Å²) in [6.07, 6.45) is 3.77. The predicted octanol–water partition coefficient (Wildman–Crippen LogP) is 2.08. The van der Waals surface area contributed by atoms with Crippen LogP contribution >= 0.6 is 0 Å². The third-order valence-corrected chi connectivity index (χ3v) is 3.63. The van der Waals surface area contributed by atoms with E-state index in [0.717, 1.165) is 18.7 Å². The van der Waals surface area contributed by atoms with Crippen LogP contribution in [0.2, 0.25) is 0 Å². The van der Waals surface area contributed by atoms with Gasteiger partial charge in [-0.05, 0) is 20.3 Å². The first-order valence-corrected chi connectivity index (χ1v) is 6.88. The summed E-state index contributed by atoms with van der Waals surface area (Å²) >= 11 is 0. The van der Waals surface area contributed by atoms with Crippen molar-refractivity contribution >= 4 is 0 Å². The zero-order chi connectivity index (χ0) is 14.1. The molecule has 108 valence electrons. The molecule has 5 heteroatoms. The van der Waals surface area contributed by atoms with Gasteiger partial charge >= 0.3 is 0 Å². The predicted molar refractivity (Wildman–Crippen MR) is 72.2 cm³/mol. The monoisotopic (exact) mass is 268 g/mol. The average molecular weight is 268 g/mol. The van der Waals surface area contributed by atoms with Crippen LogP contribution in [0, 0.1) is 0 Å². The normalized spacial score (nSPS) is 26.4. The number of ether oxygens (including phenoxy) is 2. The molecule has 1 aromatic rings. The van der Waals surface area contributed by atoms with Gasteiger partial charge in [0, 0.05) is 19.4 Å². The molecule has 5 nitrogen and oxygen atoms in total. The fraction of sp³-hybridized carbons (Fsp3) is 0.786. The summed E-state index contributed by atoms with van der Waals surface area (Å²) < 4.78 is 12.9. The van der Waals surface area contributed by atoms with E-state index in [1.54, 1.807) is 13.3 Å². The second-order valence-electron chi connectivity index (χ2n) is 5.85. The number of rotatable bonds is 4. The summed E-state index contributed by atoms with van der Waals surface area (Å²) in [7, 11) is 1.62. The first kappa shape index (κ1) is 14.3. The van der Waals surface area contributed by atoms with Gasteiger partial charge in [-0.15, -0.1) is 0 Å². The maximum atomic E-state index is 11.1. The fourth-order valence-corrected chi connectivity index (χ4v) is 2.91. The number of aryl methyl sites for hydroxylation is 1. The zero-order valence-corrected chi connectivity index (χ0v) is 12.3. The molecule has 1 aliphatic rings. The van der Waals surface area contributed by atoms with E-state index >= 15 is 0 Å². The van der Waals surface area contributed by atoms with Crippen molar-refractivity contribution in [1.82, 2.24) is 9.78 Å². The standard InChI is InChI=1S/C14H24N2O3/c1-5-7-16-12(11(18-4)9-15-16)14(17)6-8-19-13(2,3)10-14/h9,17H,5-8,10H2,1-4H3. The Kier molecular flexibility index (Phi) is 3.87. The Morgan fingerprint density at radius 2 is 2.26 bits per heavy atom. The lowest BCUT2D eigenvalue weighted by Crippen LogP contribution is -2.45. The van der Waals surface area contributed by atoms with E-state index in [4.69, 9.17) is 9.47 Å². The van der Waals surface area contributed by atoms with E-state index in [9.17, 15) is 5.11 Å². The van der Waals surface area contributed by atoms with Crippen molar-refractivity contribution < 1.29 is 14.6 Å². The highest BCUT2D eigenvalue weighted by Crippen LogP contribution is 2.42. The average Bonchev–Trinajstić information content (AvgIpc) is 2.71. The second kappa shape index (κ2) is 5.13. The highest BCUT2D eigenvalue weighted by atomic mass is 16.5. The number of aromatic nitrogens is 2. The van der Waals surface area contributed by atoms with Crippen molar-refractivity contribution in [3.63, 3.8) is 0 Å². The number of methoxy groups -OCH3 is 1. The third-order valence-electron chi connectivity index (χ3n) is 3.63. The van der Waals surface area contributed by atoms with Crippen LogP contribution in [0.4, 0.5) is 0 Å². The molecule has 2 rings (SSSR count). The van der Waals surface area contributed by atoms with Crippen LogP contribution in [-0.2, 0) is 16.9 Å². The topological polar surface area (TPSA) is 56.5 Å². The van der Waals surface area contributed by atoms with E-state index in [1.807, 2.05) is 18.5 Å². The molecule has 0 aliphatic carbocycles. The molecule has 0 bridgehead atoms. The minimum Gasteiger partial charge on any atom is -0.493 e. The molecule has 0 aromatic carbocycles. The van der Waals surface area contributed by atoms with Gasteiger partial charge < -0.3 is 14.6 Å². The molecule has 1 aromatic heterocycles. The molecule has 0 radical (unpaired) electrons. The molecule has 1 fully saturated rings. The van der Waals surface area contributed by atoms with Crippen molar-refractivity contribution in [3.8, 4) is 5.75 Å². The van der Waals surface area contributed by atoms with Gasteiger partial charge in [0.1, 0.15) is 11.3 Å². The number of aliphatic hydroxyl groups is 1. The van der Waals surface area contributed by atoms with Gasteiger partial charge in [-0.25, -0.2) is 0 Å². The van der Waals surface area contributed by atoms with Gasteiger partial charge in [0.25, 0.3) is 0 Å². The second-order valence-corrected chi connectivity index (χ2v) is 5.85. The SMILES string of the molecule is CCCn1ncc(OC)c1C1(O)CCOC(C)(C)C1. The van der Waals surface area contributed by atoms with E-state index < -0.39 is 5.60 Å². The summed E-state index contributed by atoms with van der Waals surface area (Å²) in [4.78, 5) is 0. The lowest BCUT2D eigenvalue weighted by molar-refractivity contribution is -0.151. The quantitative estimate of drug-likeness (QED) is 0.908. The summed E-state index contributed by atoms with van der Waals surface area (Å²) in [5.41, 5.74) is -0.480. The van der Waals surface area contributed by atoms with E-state index in [0.29, 0.717) is 25.2 Å². The van der Waals surface area contributed by atoms with Crippen LogP contribution in [0.5, 0.6) is 5.75 Å². The van der Waals surface area contributed by atoms with Gasteiger partial charge in [0.15, 0.2) is 5.75 Å². The van der Waals surface area contributed by atoms with E-state index in [-0.39, 0.29) is 5.60 Å². The molecule has 1 N–H and O–H groups in total. The minimum atomic E-state index is -0.932. The zero-order valence-electron chi connectivity index (χ0n) is 12.3. The third kappa shape index (κ3) is 2.77. The van der Waals surface area contributed by atoms with Crippen LogP contribution in [0.15, 0.2) is 6.20 Å². The van der Waals surface area contributed by atoms with Crippen molar-refractivity contribution in [2.24, 2.45) is 0 Å². The minimum absolute atomic E-state index is 0.334. The first-order valence-electron chi connectivity index (χ1n) is 6.88. The lowest BCUT2D eigenvalue weighted by Gasteiger charge is -2.41. The lowest BCUT2D eigenvalue weighted by atomic mass is 9.81. The molecule has 2 heterocycles. The Morgan fingerprint density at radius 3 is 2.84 bits per heavy atom. The molecule has 19 heavy (non-hydrogen) atoms. The summed E-state index contributed by atoms with van der Waals surface area (Å²) in [5, 5.41) is 15.4. The highest BCUT2D eigenvalue weighted by Gasteiger charge is 2.44. The molecular formula is C14H24N2O3. The maximum Gasteiger partial charge on any atom is 0.162 e. The molecule has 1 aliphatic heterocycles. The highest BCUT2D eigenvalue weighted by molar-refractivity contribution is 5.31. The van der Waals surface area contributed by atoms with Crippen molar-refractivity contribution in [2.45, 2.75) is 57.8 Å². The Labute approximate surface area is 114 Å². The van der Waals surface area contributed by atoms with Gasteiger partial charge in [-0.1, -0.05) is 6.92 Å². The van der Waals surface area contributed by atoms with Crippen molar-refractivity contribution in [2.75, 3.05) is 13.7 Å². The molecule has 0 saturated carbocycles. The van der Waals surface area contributed by atoms with E-state index in [1.165, 1.54) is 0 Å². The van der Waals surface area contributed by atoms with Crippen molar-refractivity contribution in [1.29, 1.82) is 0 Å². The number of nitrogens with zero attached hydrogens (tertiary/aromatic N) is 2. The Morgan fingerprint density at radius 1 is 1.53 bits per heavy atom. The van der Waals surface area contributed by atoms with E-state index in [2.05, 4.69) is 12.0 Å². The summed E-state index contributed by atoms with van der Waals surface area (Å²) in [6.45, 7) is 7.43. The van der Waals surface area contributed by atoms with Crippen LogP contribution < -0.4 is 4.74 Å². The largest absolute Gasteiger partial charge is 0.493 e. The van der Waals surface area contributed by atoms with Gasteiger partial charge in [-0.2, -0.15) is 5.10 Å². The Balaban J connectivity index is 2.40. The van der Waals surface area contributed by atoms with Crippen LogP contribution in [0.3, 0.4) is 0 Å². The molecule has 1 unspecified atom stereocenters. The fourth-order valence-electron chi connectivity index (χ4n) is 2.91. The van der Waals surface area contributed by atoms with Gasteiger partial charge in [0.2, 0.25) is 0 Å². The first-order chi connectivity index (χ1) is 8.92. The van der Waals surface area contributed by atoms with Crippen LogP contribution in [0.25, 0.3) is 0 Å². The summed E-state index contributed by atoms with van der Waals surface area (Å²) in [6, 6.07) is 0. The van der Waals surface area contributed by atoms with Crippen LogP contribution in [0.1, 0.15) is 45.7 Å². The maximum absolute atomic E-state index is 11.1. The summed E-state index contributed by atoms with van der Waals surface area (Å²) in [5.74, 6) is 0.661. The molecule has 0 amide bonds. The molecule has 1 saturated heterocycles. The van der Waals surface area contributed by atoms with Crippen molar-refractivity contribution in [3.05, 3.63) is 11.9 Å². The Bertz CT molecular complexity index is 442. The van der Waals surface area contributed by atoms with Crippen LogP contribution in [-0.4, -0.2) is 34.2 Å². The molecule has 1 atom stereocenters. The molecular weight excluding hydrogens is 244 g/mol. The van der Waals surface area contributed by atoms with Gasteiger partial charge in [-0.3, -0.25) is 4.68 Å². The smallest absolute Gasteiger partial charge is 0.162 e. The number of hydrogen-bond acceptors (Lipinski definition) is 4. The molecule has 0 spiro atoms.